The second kappa shape index (κ2) is 5.32. The van der Waals surface area contributed by atoms with E-state index in [0.29, 0.717) is 5.92 Å². The molecule has 0 amide bonds. The molecule has 0 aliphatic rings. The van der Waals surface area contributed by atoms with Crippen LogP contribution in [0.4, 0.5) is 0 Å². The van der Waals surface area contributed by atoms with Crippen LogP contribution in [0.2, 0.25) is 0 Å². The summed E-state index contributed by atoms with van der Waals surface area (Å²) in [5.41, 5.74) is 10.2. The molecule has 1 rings (SSSR count). The molecule has 0 saturated heterocycles. The summed E-state index contributed by atoms with van der Waals surface area (Å²) >= 11 is 0. The lowest BCUT2D eigenvalue weighted by Gasteiger charge is -2.21. The van der Waals surface area contributed by atoms with Gasteiger partial charge < -0.3 is 5.73 Å². The zero-order valence-corrected chi connectivity index (χ0v) is 10.4. The molecule has 0 spiro atoms. The van der Waals surface area contributed by atoms with Crippen molar-refractivity contribution in [2.24, 2.45) is 11.7 Å². The van der Waals surface area contributed by atoms with E-state index in [2.05, 4.69) is 45.9 Å². The highest BCUT2D eigenvalue weighted by molar-refractivity contribution is 5.32. The van der Waals surface area contributed by atoms with E-state index in [0.717, 1.165) is 0 Å². The lowest BCUT2D eigenvalue weighted by atomic mass is 9.89. The third-order valence-corrected chi connectivity index (χ3v) is 3.14. The van der Waals surface area contributed by atoms with Crippen LogP contribution in [-0.2, 0) is 0 Å². The third-order valence-electron chi connectivity index (χ3n) is 3.14. The van der Waals surface area contributed by atoms with Gasteiger partial charge in [0, 0.05) is 6.04 Å². The van der Waals surface area contributed by atoms with Crippen LogP contribution in [0.3, 0.4) is 0 Å². The maximum atomic E-state index is 6.28. The van der Waals surface area contributed by atoms with Crippen LogP contribution in [0.15, 0.2) is 18.2 Å². The van der Waals surface area contributed by atoms with E-state index in [-0.39, 0.29) is 6.04 Å². The molecule has 15 heavy (non-hydrogen) atoms. The number of rotatable bonds is 4. The highest BCUT2D eigenvalue weighted by Gasteiger charge is 2.15. The molecule has 1 heteroatoms. The normalized spacial score (nSPS) is 15.0. The van der Waals surface area contributed by atoms with Crippen molar-refractivity contribution in [3.63, 3.8) is 0 Å². The summed E-state index contributed by atoms with van der Waals surface area (Å²) in [7, 11) is 0. The minimum Gasteiger partial charge on any atom is -0.324 e. The Labute approximate surface area is 93.7 Å². The van der Waals surface area contributed by atoms with Gasteiger partial charge in [-0.25, -0.2) is 0 Å². The van der Waals surface area contributed by atoms with Gasteiger partial charge in [-0.15, -0.1) is 0 Å². The van der Waals surface area contributed by atoms with Crippen LogP contribution in [-0.4, -0.2) is 0 Å². The second-order valence-electron chi connectivity index (χ2n) is 4.65. The van der Waals surface area contributed by atoms with Crippen molar-refractivity contribution in [2.45, 2.75) is 46.6 Å². The third kappa shape index (κ3) is 3.07. The van der Waals surface area contributed by atoms with Gasteiger partial charge in [0.1, 0.15) is 0 Å². The van der Waals surface area contributed by atoms with Crippen molar-refractivity contribution < 1.29 is 0 Å². The lowest BCUT2D eigenvalue weighted by molar-refractivity contribution is 0.432. The zero-order chi connectivity index (χ0) is 11.4. The predicted molar refractivity (Wildman–Crippen MR) is 66.9 cm³/mol. The largest absolute Gasteiger partial charge is 0.324 e. The smallest absolute Gasteiger partial charge is 0.0323 e. The molecule has 0 bridgehead atoms. The van der Waals surface area contributed by atoms with Gasteiger partial charge in [0.2, 0.25) is 0 Å². The molecule has 0 heterocycles. The Bertz CT molecular complexity index is 317. The standard InChI is InChI=1S/C14H23N/c1-5-6-11(3)14(15)13-8-7-10(2)9-12(13)4/h7-9,11,14H,5-6,15H2,1-4H3. The van der Waals surface area contributed by atoms with Crippen molar-refractivity contribution >= 4 is 0 Å². The Morgan fingerprint density at radius 3 is 2.47 bits per heavy atom. The van der Waals surface area contributed by atoms with Crippen molar-refractivity contribution in [3.8, 4) is 0 Å². The Kier molecular flexibility index (Phi) is 4.34. The minimum absolute atomic E-state index is 0.186. The fourth-order valence-corrected chi connectivity index (χ4v) is 2.14. The van der Waals surface area contributed by atoms with E-state index >= 15 is 0 Å². The van der Waals surface area contributed by atoms with Crippen molar-refractivity contribution in [3.05, 3.63) is 34.9 Å². The molecule has 1 aromatic rings. The highest BCUT2D eigenvalue weighted by atomic mass is 14.6. The van der Waals surface area contributed by atoms with Crippen LogP contribution >= 0.6 is 0 Å². The molecule has 2 atom stereocenters. The first-order chi connectivity index (χ1) is 7.06. The summed E-state index contributed by atoms with van der Waals surface area (Å²) in [5, 5.41) is 0. The van der Waals surface area contributed by atoms with Gasteiger partial charge in [-0.3, -0.25) is 0 Å². The Hall–Kier alpha value is -0.820. The summed E-state index contributed by atoms with van der Waals surface area (Å²) in [6.07, 6.45) is 2.41. The molecular weight excluding hydrogens is 182 g/mol. The molecule has 0 saturated carbocycles. The monoisotopic (exact) mass is 205 g/mol. The van der Waals surface area contributed by atoms with Gasteiger partial charge in [0.25, 0.3) is 0 Å². The number of hydrogen-bond donors (Lipinski definition) is 1. The van der Waals surface area contributed by atoms with Crippen molar-refractivity contribution in [1.82, 2.24) is 0 Å². The average molecular weight is 205 g/mol. The van der Waals surface area contributed by atoms with Gasteiger partial charge in [-0.05, 0) is 37.3 Å². The number of nitrogens with two attached hydrogens (primary N) is 1. The van der Waals surface area contributed by atoms with Gasteiger partial charge in [0.05, 0.1) is 0 Å². The maximum Gasteiger partial charge on any atom is 0.0323 e. The average Bonchev–Trinajstić information content (AvgIpc) is 2.17. The Balaban J connectivity index is 2.86. The summed E-state index contributed by atoms with van der Waals surface area (Å²) in [5.74, 6) is 0.566. The summed E-state index contributed by atoms with van der Waals surface area (Å²) in [6.45, 7) is 8.73. The van der Waals surface area contributed by atoms with E-state index in [4.69, 9.17) is 5.73 Å². The molecule has 84 valence electrons. The first-order valence-corrected chi connectivity index (χ1v) is 5.89. The molecule has 1 aromatic carbocycles. The van der Waals surface area contributed by atoms with Crippen LogP contribution in [0.1, 0.15) is 49.4 Å². The van der Waals surface area contributed by atoms with E-state index in [1.54, 1.807) is 0 Å². The zero-order valence-electron chi connectivity index (χ0n) is 10.4. The van der Waals surface area contributed by atoms with Gasteiger partial charge >= 0.3 is 0 Å². The van der Waals surface area contributed by atoms with Gasteiger partial charge in [-0.1, -0.05) is 44.0 Å². The fourth-order valence-electron chi connectivity index (χ4n) is 2.14. The first kappa shape index (κ1) is 12.3. The molecule has 0 aromatic heterocycles. The van der Waals surface area contributed by atoms with Crippen LogP contribution in [0, 0.1) is 19.8 Å². The lowest BCUT2D eigenvalue weighted by Crippen LogP contribution is -2.20. The SMILES string of the molecule is CCCC(C)C(N)c1ccc(C)cc1C. The summed E-state index contributed by atoms with van der Waals surface area (Å²) < 4.78 is 0. The van der Waals surface area contributed by atoms with Gasteiger partial charge in [-0.2, -0.15) is 0 Å². The number of hydrogen-bond acceptors (Lipinski definition) is 1. The van der Waals surface area contributed by atoms with E-state index in [9.17, 15) is 0 Å². The molecule has 0 radical (unpaired) electrons. The predicted octanol–water partition coefficient (Wildman–Crippen LogP) is 3.74. The quantitative estimate of drug-likeness (QED) is 0.796. The van der Waals surface area contributed by atoms with Crippen LogP contribution in [0.5, 0.6) is 0 Å². The number of benzene rings is 1. The molecule has 2 N–H and O–H groups in total. The summed E-state index contributed by atoms with van der Waals surface area (Å²) in [4.78, 5) is 0. The van der Waals surface area contributed by atoms with Crippen molar-refractivity contribution in [2.75, 3.05) is 0 Å². The van der Waals surface area contributed by atoms with Crippen LogP contribution < -0.4 is 5.73 Å². The Morgan fingerprint density at radius 1 is 1.27 bits per heavy atom. The maximum absolute atomic E-state index is 6.28. The molecule has 0 aliphatic heterocycles. The minimum atomic E-state index is 0.186. The molecule has 2 unspecified atom stereocenters. The fraction of sp³-hybridized carbons (Fsp3) is 0.571. The second-order valence-corrected chi connectivity index (χ2v) is 4.65. The molecule has 1 nitrogen and oxygen atoms in total. The van der Waals surface area contributed by atoms with Gasteiger partial charge in [0.15, 0.2) is 0 Å². The highest BCUT2D eigenvalue weighted by Crippen LogP contribution is 2.26. The number of aryl methyl sites for hydroxylation is 2. The van der Waals surface area contributed by atoms with E-state index in [1.165, 1.54) is 29.5 Å². The van der Waals surface area contributed by atoms with Crippen molar-refractivity contribution in [1.29, 1.82) is 0 Å². The van der Waals surface area contributed by atoms with E-state index in [1.807, 2.05) is 0 Å². The Morgan fingerprint density at radius 2 is 1.93 bits per heavy atom. The molecule has 0 fully saturated rings. The molecule has 0 aliphatic carbocycles. The van der Waals surface area contributed by atoms with Crippen LogP contribution in [0.25, 0.3) is 0 Å². The molecular formula is C14H23N. The van der Waals surface area contributed by atoms with E-state index < -0.39 is 0 Å². The summed E-state index contributed by atoms with van der Waals surface area (Å²) in [6, 6.07) is 6.74. The topological polar surface area (TPSA) is 26.0 Å². The first-order valence-electron chi connectivity index (χ1n) is 5.89.